The van der Waals surface area contributed by atoms with Gasteiger partial charge in [-0.25, -0.2) is 44.7 Å². The number of anilines is 5. The average molecular weight is 1780 g/mol. The molecule has 7 saturated heterocycles. The molecule has 7 unspecified atom stereocenters. The van der Waals surface area contributed by atoms with E-state index in [1.165, 1.54) is 62.4 Å². The number of nitrogens with one attached hydrogen (secondary N) is 2. The lowest BCUT2D eigenvalue weighted by atomic mass is 9.94. The Bertz CT molecular complexity index is 5720. The second kappa shape index (κ2) is 30.7. The van der Waals surface area contributed by atoms with Gasteiger partial charge in [-0.3, -0.25) is 51.4 Å². The van der Waals surface area contributed by atoms with Gasteiger partial charge in [0.2, 0.25) is 11.9 Å². The van der Waals surface area contributed by atoms with Gasteiger partial charge in [-0.1, -0.05) is 0 Å². The van der Waals surface area contributed by atoms with Crippen LogP contribution in [0.2, 0.25) is 0 Å². The summed E-state index contributed by atoms with van der Waals surface area (Å²) in [6, 6.07) is 0. The fourth-order valence-electron chi connectivity index (χ4n) is 14.7. The third kappa shape index (κ3) is 15.3. The predicted molar refractivity (Wildman–Crippen MR) is 407 cm³/mol. The Balaban J connectivity index is 0.642. The molecule has 18 N–H and O–H groups in total. The van der Waals surface area contributed by atoms with Crippen molar-refractivity contribution in [2.24, 2.45) is 0 Å². The topological polar surface area (TPSA) is 658 Å². The zero-order chi connectivity index (χ0) is 80.8. The highest BCUT2D eigenvalue weighted by atomic mass is 32.5. The summed E-state index contributed by atoms with van der Waals surface area (Å²) in [5, 5.41) is 11.0. The van der Waals surface area contributed by atoms with Crippen molar-refractivity contribution in [3.8, 4) is 0 Å². The number of ether oxygens (including phenoxy) is 7. The molecule has 0 amide bonds. The van der Waals surface area contributed by atoms with Crippen LogP contribution in [0.1, 0.15) is 69.8 Å². The van der Waals surface area contributed by atoms with E-state index in [9.17, 15) is 44.0 Å². The Morgan fingerprint density at radius 1 is 0.500 bits per heavy atom. The van der Waals surface area contributed by atoms with Crippen molar-refractivity contribution in [1.29, 1.82) is 0 Å². The fraction of sp³-hybridized carbons (Fsp3) is 0.564. The first kappa shape index (κ1) is 81.7. The van der Waals surface area contributed by atoms with Crippen LogP contribution in [0.15, 0.2) is 58.5 Å². The molecule has 0 saturated carbocycles. The van der Waals surface area contributed by atoms with E-state index in [-0.39, 0.29) is 93.3 Å². The lowest BCUT2D eigenvalue weighted by Crippen LogP contribution is -2.51. The number of hydrogen-bond acceptors (Lipinski definition) is 42. The number of H-pyrrole nitrogens is 2. The summed E-state index contributed by atoms with van der Waals surface area (Å²) >= 11 is 28.0. The van der Waals surface area contributed by atoms with Crippen molar-refractivity contribution in [3.05, 3.63) is 80.9 Å². The Morgan fingerprint density at radius 3 is 1.37 bits per heavy atom. The van der Waals surface area contributed by atoms with Crippen LogP contribution in [0.3, 0.4) is 0 Å². The van der Waals surface area contributed by atoms with Gasteiger partial charge in [0.05, 0.1) is 88.9 Å². The van der Waals surface area contributed by atoms with E-state index in [2.05, 4.69) is 64.8 Å². The second-order valence-electron chi connectivity index (χ2n) is 27.1. The lowest BCUT2D eigenvalue weighted by Gasteiger charge is -2.38. The number of rotatable bonds is 29. The van der Waals surface area contributed by atoms with Gasteiger partial charge in [0.25, 0.3) is 11.1 Å². The van der Waals surface area contributed by atoms with Gasteiger partial charge in [-0.2, -0.15) is 15.0 Å². The molecule has 16 heterocycles. The van der Waals surface area contributed by atoms with Crippen molar-refractivity contribution in [1.82, 2.24) is 87.6 Å². The predicted octanol–water partition coefficient (Wildman–Crippen LogP) is -0.904. The number of aromatic amines is 2. The maximum absolute atomic E-state index is 13.7. The van der Waals surface area contributed by atoms with Gasteiger partial charge in [0, 0.05) is 38.1 Å². The molecule has 0 radical (unpaired) electrons. The molecule has 0 aliphatic carbocycles. The number of aliphatic hydroxyl groups excluding tert-OH is 1. The second-order valence-corrected chi connectivity index (χ2v) is 41.1. The number of aryl methyl sites for hydroxylation is 1. The summed E-state index contributed by atoms with van der Waals surface area (Å²) in [6.07, 6.45) is -12.2. The molecule has 114 heavy (non-hydrogen) atoms. The minimum atomic E-state index is -4.75. The monoisotopic (exact) mass is 1780 g/mol. The van der Waals surface area contributed by atoms with Crippen LogP contribution in [-0.2, 0) is 137 Å². The highest BCUT2D eigenvalue weighted by Crippen LogP contribution is 2.62. The van der Waals surface area contributed by atoms with E-state index in [1.54, 1.807) is 20.8 Å². The molecule has 7 fully saturated rings. The fourth-order valence-corrected chi connectivity index (χ4v) is 21.5. The van der Waals surface area contributed by atoms with Crippen LogP contribution >= 0.6 is 33.6 Å². The van der Waals surface area contributed by atoms with Crippen molar-refractivity contribution in [3.63, 3.8) is 0 Å². The van der Waals surface area contributed by atoms with Crippen molar-refractivity contribution < 1.29 is 108 Å². The Morgan fingerprint density at radius 2 is 0.895 bits per heavy atom. The third-order valence-electron chi connectivity index (χ3n) is 20.2. The summed E-state index contributed by atoms with van der Waals surface area (Å²) < 4.78 is 113. The van der Waals surface area contributed by atoms with Gasteiger partial charge in [-0.15, -0.1) is 0 Å². The maximum Gasteiger partial charge on any atom is 0.351 e. The molecule has 24 atom stereocenters. The van der Waals surface area contributed by atoms with Crippen LogP contribution in [-0.4, -0.2) is 242 Å². The third-order valence-corrected chi connectivity index (χ3v) is 28.2. The van der Waals surface area contributed by atoms with E-state index in [0.717, 1.165) is 11.7 Å². The Hall–Kier alpha value is -5.99. The first-order valence-corrected chi connectivity index (χ1v) is 47.0. The first-order valence-electron chi connectivity index (χ1n) is 34.0. The highest BCUT2D eigenvalue weighted by molar-refractivity contribution is 8.08. The van der Waals surface area contributed by atoms with E-state index in [0.29, 0.717) is 5.56 Å². The highest BCUT2D eigenvalue weighted by Gasteiger charge is 2.71. The zero-order valence-corrected chi connectivity index (χ0v) is 67.7. The molecule has 7 aliphatic heterocycles. The largest absolute Gasteiger partial charge is 0.393 e. The smallest absolute Gasteiger partial charge is 0.351 e. The van der Waals surface area contributed by atoms with Crippen LogP contribution in [0, 0.1) is 6.92 Å². The summed E-state index contributed by atoms with van der Waals surface area (Å²) in [5.74, 6) is -0.476. The van der Waals surface area contributed by atoms with Crippen molar-refractivity contribution in [2.75, 3.05) is 68.8 Å². The summed E-state index contributed by atoms with van der Waals surface area (Å²) in [6.45, 7) is -21.1. The van der Waals surface area contributed by atoms with E-state index >= 15 is 0 Å². The van der Waals surface area contributed by atoms with Gasteiger partial charge < -0.3 is 128 Å². The SMILES string of the molecule is COP(O)(=S)O[C@@H]1C[C@H](n2cnc3c(=O)[nH]c(N)nc32)O[C@@H]1COP(O)(=S)O[C@@H]1C[C@H](n2cnc3c(N)ncnc32)O[C@@H]1COP(O)(=S)O[C@@H]1C[C@H](n2cnc3c(=O)[nH]c(N)nc32)O[C@@H]1COP(O)(=S)O[C@@H]1C2O[C@@H](C)[C@]1(COP(O)(=S)O[C@@H]1C3O[C@@H](C)[C@]1(CO)O[C@H]3n1cnc3c(N)ncnc31)O[C@H]2n1cc(C)c(N)nc1=O. The Labute approximate surface area is 663 Å². The molecular weight excluding hydrogens is 1710 g/mol. The van der Waals surface area contributed by atoms with Crippen molar-refractivity contribution >= 4 is 167 Å². The standard InChI is InChI=1S/C55H70N23O26P5S5/c1-20-8-74(53(82)69-40(20)56)49-37-39(55(99-49,22(3)94-37)13-92-109(87,114)103-38-36-50(98-54(38,12-79)21(2)93-36)78-19-66-33-42(58)62-15-64-44(33)78)104-108(86,113)91-11-28-25(7-31(97-28)77-18-68-35-46(77)71-52(60)73-48(35)81)102-107(85,112)90-10-27-24(6-29(95-27)75-16-65-32-41(57)61-14-63-43(32)75)101-106(84,111)89-9-26-23(100-105(83,110)88-4)5-30(96-26)76-17-67-34-45(76)70-51(59)72-47(34)80/h8,14-19,21-31,36-39,49-50,79H,5-7,9-13H2,1-4H3,(H,83,110)(H,84,111)(H,85,112)(H,86,113)(H,87,114)(H2,56,69,82)(H2,57,61,63)(H2,58,62,64)(H3,59,70,72,80)(H3,60,71,73,81)/t21-,22-,23+,24+,25+,26+,27+,28+,29+,30+,31+,36?,37?,38+,39+,49+,50+,54-,55-,105?,106?,107?,108?,109?/m0/s1. The quantitative estimate of drug-likeness (QED) is 0.0253. The first-order chi connectivity index (χ1) is 53.9. The number of aliphatic hydroxyl groups is 1. The Kier molecular flexibility index (Phi) is 22.0. The van der Waals surface area contributed by atoms with E-state index in [4.69, 9.17) is 166 Å². The molecular formula is C55H70N23O26P5S5. The number of imidazole rings is 4. The summed E-state index contributed by atoms with van der Waals surface area (Å²) in [7, 11) is 1.14. The number of aromatic nitrogens is 18. The number of nitrogen functional groups attached to an aromatic ring is 5. The number of hydrogen-bond donors (Lipinski definition) is 13. The van der Waals surface area contributed by atoms with Crippen molar-refractivity contribution in [2.45, 2.75) is 156 Å². The van der Waals surface area contributed by atoms with Gasteiger partial charge >= 0.3 is 39.3 Å². The number of fused-ring (bicyclic) bond motifs is 8. The molecule has 616 valence electrons. The van der Waals surface area contributed by atoms with E-state index in [1.807, 2.05) is 0 Å². The van der Waals surface area contributed by atoms with Crippen LogP contribution in [0.4, 0.5) is 29.4 Å². The molecule has 7 aliphatic rings. The maximum atomic E-state index is 13.7. The van der Waals surface area contributed by atoms with Gasteiger partial charge in [-0.05, 0) is 79.8 Å². The summed E-state index contributed by atoms with van der Waals surface area (Å²) in [5.41, 5.74) is 25.4. The average Bonchev–Trinajstić information content (AvgIpc) is 1.55. The normalized spacial score (nSPS) is 32.7. The minimum absolute atomic E-state index is 0.0370. The number of nitrogens with zero attached hydrogens (tertiary/aromatic N) is 16. The molecule has 16 rings (SSSR count). The molecule has 49 nitrogen and oxygen atoms in total. The minimum Gasteiger partial charge on any atom is -0.393 e. The molecule has 59 heteroatoms. The summed E-state index contributed by atoms with van der Waals surface area (Å²) in [4.78, 5) is 150. The lowest BCUT2D eigenvalue weighted by molar-refractivity contribution is -0.218. The van der Waals surface area contributed by atoms with Crippen LogP contribution < -0.4 is 45.5 Å². The van der Waals surface area contributed by atoms with Crippen LogP contribution in [0.25, 0.3) is 44.7 Å². The molecule has 4 bridgehead atoms. The number of nitrogens with two attached hydrogens (primary N) is 5. The molecule has 0 aromatic carbocycles. The molecule has 9 aromatic heterocycles. The molecule has 0 spiro atoms. The van der Waals surface area contributed by atoms with Gasteiger partial charge in [0.1, 0.15) is 102 Å². The zero-order valence-electron chi connectivity index (χ0n) is 59.2. The molecule has 9 aromatic rings. The van der Waals surface area contributed by atoms with Crippen LogP contribution in [0.5, 0.6) is 0 Å². The van der Waals surface area contributed by atoms with E-state index < -0.39 is 199 Å². The van der Waals surface area contributed by atoms with Gasteiger partial charge in [0.15, 0.2) is 57.7 Å².